The van der Waals surface area contributed by atoms with Gasteiger partial charge in [-0.05, 0) is 31.4 Å². The Morgan fingerprint density at radius 1 is 1.19 bits per heavy atom. The fourth-order valence-electron chi connectivity index (χ4n) is 1.81. The second-order valence-electron chi connectivity index (χ2n) is 3.82. The fraction of sp³-hybridized carbons (Fsp3) is 0.417. The van der Waals surface area contributed by atoms with E-state index in [0.717, 1.165) is 36.7 Å². The number of halogens is 1. The number of aromatic nitrogens is 2. The Morgan fingerprint density at radius 2 is 2.00 bits per heavy atom. The molecular weight excluding hydrogens is 224 g/mol. The highest BCUT2D eigenvalue weighted by Crippen LogP contribution is 2.22. The second kappa shape index (κ2) is 5.32. The molecule has 0 aliphatic rings. The van der Waals surface area contributed by atoms with Crippen molar-refractivity contribution in [2.45, 2.75) is 25.8 Å². The minimum Gasteiger partial charge on any atom is -0.396 e. The molecule has 3 nitrogen and oxygen atoms in total. The first-order chi connectivity index (χ1) is 7.83. The summed E-state index contributed by atoms with van der Waals surface area (Å²) in [6.45, 7) is 1.12. The molecule has 4 heteroatoms. The number of para-hydroxylation sites is 1. The van der Waals surface area contributed by atoms with Crippen molar-refractivity contribution < 1.29 is 5.11 Å². The number of hydrogen-bond donors (Lipinski definition) is 1. The summed E-state index contributed by atoms with van der Waals surface area (Å²) in [4.78, 5) is 0. The lowest BCUT2D eigenvalue weighted by molar-refractivity contribution is 0.281. The topological polar surface area (TPSA) is 38.0 Å². The van der Waals surface area contributed by atoms with E-state index in [1.165, 1.54) is 0 Å². The Hall–Kier alpha value is -1.06. The van der Waals surface area contributed by atoms with Crippen molar-refractivity contribution in [2.24, 2.45) is 0 Å². The molecule has 0 aliphatic heterocycles. The van der Waals surface area contributed by atoms with E-state index < -0.39 is 0 Å². The third-order valence-corrected chi connectivity index (χ3v) is 2.92. The highest BCUT2D eigenvalue weighted by Gasteiger charge is 2.06. The number of hydrogen-bond acceptors (Lipinski definition) is 2. The molecule has 1 heterocycles. The first-order valence-electron chi connectivity index (χ1n) is 5.55. The van der Waals surface area contributed by atoms with Crippen molar-refractivity contribution in [1.82, 2.24) is 9.78 Å². The molecule has 1 aromatic heterocycles. The zero-order valence-corrected chi connectivity index (χ0v) is 9.82. The van der Waals surface area contributed by atoms with Crippen LogP contribution in [0.15, 0.2) is 24.3 Å². The Balaban J connectivity index is 2.12. The average molecular weight is 239 g/mol. The van der Waals surface area contributed by atoms with Crippen molar-refractivity contribution in [3.8, 4) is 0 Å². The predicted octanol–water partition coefficient (Wildman–Crippen LogP) is 2.85. The summed E-state index contributed by atoms with van der Waals surface area (Å²) in [5.41, 5.74) is 1.08. The van der Waals surface area contributed by atoms with Gasteiger partial charge in [0.05, 0.1) is 5.52 Å². The van der Waals surface area contributed by atoms with Crippen LogP contribution in [-0.2, 0) is 6.54 Å². The van der Waals surface area contributed by atoms with Crippen molar-refractivity contribution in [2.75, 3.05) is 6.61 Å². The molecule has 0 saturated heterocycles. The summed E-state index contributed by atoms with van der Waals surface area (Å²) in [5, 5.41) is 14.6. The molecule has 0 atom stereocenters. The van der Waals surface area contributed by atoms with Gasteiger partial charge in [0.25, 0.3) is 0 Å². The molecule has 0 bridgehead atoms. The number of rotatable bonds is 5. The predicted molar refractivity (Wildman–Crippen MR) is 65.7 cm³/mol. The smallest absolute Gasteiger partial charge is 0.158 e. The average Bonchev–Trinajstić information content (AvgIpc) is 2.63. The molecule has 0 amide bonds. The number of benzene rings is 1. The van der Waals surface area contributed by atoms with Crippen molar-refractivity contribution >= 4 is 22.5 Å². The van der Waals surface area contributed by atoms with E-state index in [1.807, 2.05) is 28.9 Å². The Bertz CT molecular complexity index is 467. The number of fused-ring (bicyclic) bond motifs is 1. The van der Waals surface area contributed by atoms with Crippen LogP contribution in [0.4, 0.5) is 0 Å². The molecule has 0 spiro atoms. The molecule has 2 aromatic rings. The zero-order valence-electron chi connectivity index (χ0n) is 9.06. The van der Waals surface area contributed by atoms with Gasteiger partial charge in [-0.25, -0.2) is 0 Å². The summed E-state index contributed by atoms with van der Waals surface area (Å²) in [6.07, 6.45) is 2.89. The van der Waals surface area contributed by atoms with E-state index in [0.29, 0.717) is 5.15 Å². The summed E-state index contributed by atoms with van der Waals surface area (Å²) in [6, 6.07) is 7.96. The van der Waals surface area contributed by atoms with Crippen molar-refractivity contribution in [1.29, 1.82) is 0 Å². The first kappa shape index (κ1) is 11.4. The quantitative estimate of drug-likeness (QED) is 0.814. The van der Waals surface area contributed by atoms with Gasteiger partial charge in [0.15, 0.2) is 5.15 Å². The van der Waals surface area contributed by atoms with E-state index >= 15 is 0 Å². The van der Waals surface area contributed by atoms with Crippen LogP contribution in [0, 0.1) is 0 Å². The minimum absolute atomic E-state index is 0.264. The number of nitrogens with zero attached hydrogens (tertiary/aromatic N) is 2. The second-order valence-corrected chi connectivity index (χ2v) is 4.17. The maximum absolute atomic E-state index is 8.70. The van der Waals surface area contributed by atoms with Crippen LogP contribution < -0.4 is 0 Å². The highest BCUT2D eigenvalue weighted by atomic mass is 35.5. The monoisotopic (exact) mass is 238 g/mol. The molecule has 86 valence electrons. The van der Waals surface area contributed by atoms with Gasteiger partial charge in [-0.2, -0.15) is 5.10 Å². The van der Waals surface area contributed by atoms with Crippen LogP contribution in [0.3, 0.4) is 0 Å². The standard InChI is InChI=1S/C12H15ClN2O/c13-12-10-6-2-3-7-11(10)15(14-12)8-4-1-5-9-16/h2-3,6-7,16H,1,4-5,8-9H2. The fourth-order valence-corrected chi connectivity index (χ4v) is 2.06. The third-order valence-electron chi connectivity index (χ3n) is 2.64. The lowest BCUT2D eigenvalue weighted by Gasteiger charge is -2.02. The van der Waals surface area contributed by atoms with Gasteiger partial charge >= 0.3 is 0 Å². The van der Waals surface area contributed by atoms with Crippen LogP contribution in [0.1, 0.15) is 19.3 Å². The van der Waals surface area contributed by atoms with Gasteiger partial charge in [0, 0.05) is 18.5 Å². The van der Waals surface area contributed by atoms with Gasteiger partial charge in [0.1, 0.15) is 0 Å². The number of unbranched alkanes of at least 4 members (excludes halogenated alkanes) is 2. The van der Waals surface area contributed by atoms with E-state index in [4.69, 9.17) is 16.7 Å². The molecule has 1 aromatic carbocycles. The van der Waals surface area contributed by atoms with Crippen LogP contribution in [0.2, 0.25) is 5.15 Å². The maximum atomic E-state index is 8.70. The highest BCUT2D eigenvalue weighted by molar-refractivity contribution is 6.34. The van der Waals surface area contributed by atoms with Crippen LogP contribution >= 0.6 is 11.6 Å². The molecule has 0 unspecified atom stereocenters. The van der Waals surface area contributed by atoms with Gasteiger partial charge in [-0.15, -0.1) is 0 Å². The summed E-state index contributed by atoms with van der Waals surface area (Å²) < 4.78 is 1.94. The minimum atomic E-state index is 0.264. The molecule has 0 radical (unpaired) electrons. The third kappa shape index (κ3) is 2.36. The van der Waals surface area contributed by atoms with Crippen LogP contribution in [-0.4, -0.2) is 21.5 Å². The zero-order chi connectivity index (χ0) is 11.4. The lowest BCUT2D eigenvalue weighted by atomic mass is 10.2. The lowest BCUT2D eigenvalue weighted by Crippen LogP contribution is -2.00. The Kier molecular flexibility index (Phi) is 3.80. The van der Waals surface area contributed by atoms with Gasteiger partial charge < -0.3 is 5.11 Å². The normalized spacial score (nSPS) is 11.1. The van der Waals surface area contributed by atoms with E-state index in [-0.39, 0.29) is 6.61 Å². The molecule has 16 heavy (non-hydrogen) atoms. The summed E-state index contributed by atoms with van der Waals surface area (Å²) in [7, 11) is 0. The van der Waals surface area contributed by atoms with Crippen molar-refractivity contribution in [3.63, 3.8) is 0 Å². The van der Waals surface area contributed by atoms with Gasteiger partial charge in [0.2, 0.25) is 0 Å². The molecule has 0 saturated carbocycles. The number of aliphatic hydroxyl groups is 1. The molecule has 1 N–H and O–H groups in total. The Morgan fingerprint density at radius 3 is 2.81 bits per heavy atom. The number of aliphatic hydroxyl groups excluding tert-OH is 1. The summed E-state index contributed by atoms with van der Waals surface area (Å²) in [5.74, 6) is 0. The Labute approximate surface area is 99.6 Å². The van der Waals surface area contributed by atoms with Gasteiger partial charge in [-0.1, -0.05) is 23.7 Å². The SMILES string of the molecule is OCCCCCn1nc(Cl)c2ccccc21. The molecular formula is C12H15ClN2O. The van der Waals surface area contributed by atoms with E-state index in [1.54, 1.807) is 0 Å². The largest absolute Gasteiger partial charge is 0.396 e. The van der Waals surface area contributed by atoms with Crippen molar-refractivity contribution in [3.05, 3.63) is 29.4 Å². The van der Waals surface area contributed by atoms with E-state index in [9.17, 15) is 0 Å². The summed E-state index contributed by atoms with van der Waals surface area (Å²) >= 11 is 6.05. The maximum Gasteiger partial charge on any atom is 0.158 e. The molecule has 0 fully saturated rings. The van der Waals surface area contributed by atoms with Gasteiger partial charge in [-0.3, -0.25) is 4.68 Å². The van der Waals surface area contributed by atoms with E-state index in [2.05, 4.69) is 5.10 Å². The first-order valence-corrected chi connectivity index (χ1v) is 5.92. The van der Waals surface area contributed by atoms with Crippen LogP contribution in [0.25, 0.3) is 10.9 Å². The number of aryl methyl sites for hydroxylation is 1. The molecule has 2 rings (SSSR count). The van der Waals surface area contributed by atoms with Crippen LogP contribution in [0.5, 0.6) is 0 Å². The molecule has 0 aliphatic carbocycles.